The first-order chi connectivity index (χ1) is 13.0. The minimum absolute atomic E-state index is 0.359. The number of nitrogens with one attached hydrogen (secondary N) is 2. The largest absolute Gasteiger partial charge is 0.593 e. The van der Waals surface area contributed by atoms with E-state index >= 15 is 0 Å². The normalized spacial score (nSPS) is 13.7. The molecule has 1 aromatic heterocycles. The lowest BCUT2D eigenvalue weighted by atomic mass is 10.1. The van der Waals surface area contributed by atoms with Crippen LogP contribution in [0.2, 0.25) is 10.0 Å². The smallest absolute Gasteiger partial charge is 0.413 e. The molecule has 1 aromatic carbocycles. The van der Waals surface area contributed by atoms with Gasteiger partial charge in [0, 0.05) is 13.1 Å². The van der Waals surface area contributed by atoms with Gasteiger partial charge < -0.3 is 9.29 Å². The van der Waals surface area contributed by atoms with Gasteiger partial charge in [0.1, 0.15) is 16.5 Å². The van der Waals surface area contributed by atoms with Gasteiger partial charge in [-0.1, -0.05) is 40.6 Å². The molecule has 2 N–H and O–H groups in total. The third-order valence-corrected chi connectivity index (χ3v) is 6.03. The summed E-state index contributed by atoms with van der Waals surface area (Å²) in [5.74, 6) is 0. The van der Waals surface area contributed by atoms with E-state index in [1.807, 2.05) is 0 Å². The van der Waals surface area contributed by atoms with Gasteiger partial charge in [-0.2, -0.15) is 0 Å². The van der Waals surface area contributed by atoms with Crippen molar-refractivity contribution < 1.29 is 14.1 Å². The molecular formula is C18H21Cl2N3O3S2. The Labute approximate surface area is 181 Å². The first-order valence-corrected chi connectivity index (χ1v) is 10.9. The van der Waals surface area contributed by atoms with Crippen molar-refractivity contribution in [2.24, 2.45) is 0 Å². The van der Waals surface area contributed by atoms with Crippen LogP contribution in [0.4, 0.5) is 9.93 Å². The number of hydrogen-bond donors (Lipinski definition) is 2. The topological polar surface area (TPSA) is 86.3 Å². The van der Waals surface area contributed by atoms with Crippen LogP contribution in [0.25, 0.3) is 0 Å². The molecule has 0 saturated heterocycles. The number of rotatable bonds is 6. The monoisotopic (exact) mass is 461 g/mol. The molecule has 0 aliphatic heterocycles. The fourth-order valence-corrected chi connectivity index (χ4v) is 4.00. The van der Waals surface area contributed by atoms with E-state index in [4.69, 9.17) is 27.9 Å². The van der Waals surface area contributed by atoms with E-state index in [1.165, 1.54) is 11.3 Å². The summed E-state index contributed by atoms with van der Waals surface area (Å²) in [6, 6.07) is 4.65. The number of carbonyl (C=O) groups is 1. The number of thiazole rings is 1. The zero-order chi connectivity index (χ0) is 21.1. The fraction of sp³-hybridized carbons (Fsp3) is 0.333. The maximum Gasteiger partial charge on any atom is 0.413 e. The highest BCUT2D eigenvalue weighted by Crippen LogP contribution is 2.33. The number of amides is 1. The second-order valence-electron chi connectivity index (χ2n) is 6.89. The Hall–Kier alpha value is -1.29. The number of nitrogens with zero attached hydrogens (tertiary/aromatic N) is 1. The second kappa shape index (κ2) is 9.47. The number of allylic oxidation sites excluding steroid dienone is 1. The van der Waals surface area contributed by atoms with E-state index in [0.717, 1.165) is 10.4 Å². The van der Waals surface area contributed by atoms with Gasteiger partial charge in [-0.3, -0.25) is 5.32 Å². The number of benzene rings is 1. The second-order valence-corrected chi connectivity index (χ2v) is 10.2. The number of carbonyl (C=O) groups excluding carboxylic acids is 1. The first kappa shape index (κ1) is 23.0. The molecule has 1 heterocycles. The zero-order valence-electron chi connectivity index (χ0n) is 15.8. The van der Waals surface area contributed by atoms with Crippen molar-refractivity contribution >= 4 is 57.1 Å². The van der Waals surface area contributed by atoms with E-state index in [1.54, 1.807) is 52.1 Å². The van der Waals surface area contributed by atoms with Gasteiger partial charge in [-0.25, -0.2) is 9.78 Å². The summed E-state index contributed by atoms with van der Waals surface area (Å²) in [4.78, 5) is 17.4. The molecule has 0 radical (unpaired) electrons. The number of hydrogen-bond acceptors (Lipinski definition) is 6. The average molecular weight is 462 g/mol. The van der Waals surface area contributed by atoms with Crippen molar-refractivity contribution in [1.82, 2.24) is 9.71 Å². The summed E-state index contributed by atoms with van der Waals surface area (Å²) in [6.45, 7) is 10.7. The van der Waals surface area contributed by atoms with Gasteiger partial charge in [0.05, 0.1) is 26.3 Å². The third kappa shape index (κ3) is 6.65. The summed E-state index contributed by atoms with van der Waals surface area (Å²) >= 11 is 11.9. The van der Waals surface area contributed by atoms with Crippen LogP contribution in [0.5, 0.6) is 0 Å². The number of halogens is 2. The van der Waals surface area contributed by atoms with Crippen molar-refractivity contribution in [1.29, 1.82) is 0 Å². The Bertz CT molecular complexity index is 868. The Balaban J connectivity index is 2.28. The summed E-state index contributed by atoms with van der Waals surface area (Å²) in [5, 5.41) is 3.75. The summed E-state index contributed by atoms with van der Waals surface area (Å²) in [6.07, 6.45) is 0.991. The van der Waals surface area contributed by atoms with E-state index in [-0.39, 0.29) is 0 Å². The average Bonchev–Trinajstić information content (AvgIpc) is 3.01. The van der Waals surface area contributed by atoms with Gasteiger partial charge in [-0.05, 0) is 45.0 Å². The highest BCUT2D eigenvalue weighted by molar-refractivity contribution is 7.93. The molecule has 6 nitrogen and oxygen atoms in total. The Morgan fingerprint density at radius 2 is 2.04 bits per heavy atom. The summed E-state index contributed by atoms with van der Waals surface area (Å²) in [7, 11) is 0. The van der Waals surface area contributed by atoms with Gasteiger partial charge in [0.25, 0.3) is 0 Å². The fourth-order valence-electron chi connectivity index (χ4n) is 2.06. The SMILES string of the molecule is C=C(C)[S+]([O-])NC(c1ccc(Cl)c(Cl)c1)c1cnc(NC(=O)OC(C)(C)C)s1. The minimum atomic E-state index is -1.48. The molecule has 152 valence electrons. The number of ether oxygens (including phenoxy) is 1. The molecule has 0 saturated carbocycles. The van der Waals surface area contributed by atoms with Crippen LogP contribution < -0.4 is 10.0 Å². The molecule has 28 heavy (non-hydrogen) atoms. The maximum atomic E-state index is 12.3. The molecule has 0 bridgehead atoms. The van der Waals surface area contributed by atoms with Gasteiger partial charge in [-0.15, -0.1) is 4.72 Å². The van der Waals surface area contributed by atoms with E-state index in [9.17, 15) is 9.35 Å². The van der Waals surface area contributed by atoms with E-state index < -0.39 is 29.1 Å². The lowest BCUT2D eigenvalue weighted by Gasteiger charge is -2.20. The van der Waals surface area contributed by atoms with Crippen molar-refractivity contribution in [3.05, 3.63) is 56.4 Å². The standard InChI is InChI=1S/C18H21Cl2N3O3S2/c1-10(2)28(25)23-15(11-6-7-12(19)13(20)8-11)14-9-21-16(27-14)22-17(24)26-18(3,4)5/h6-9,15,23H,1H2,2-5H3,(H,21,22,24). The quantitative estimate of drug-likeness (QED) is 0.540. The van der Waals surface area contributed by atoms with Crippen LogP contribution in [0.15, 0.2) is 35.9 Å². The summed E-state index contributed by atoms with van der Waals surface area (Å²) in [5.41, 5.74) is 0.128. The molecular weight excluding hydrogens is 441 g/mol. The Morgan fingerprint density at radius 3 is 2.61 bits per heavy atom. The maximum absolute atomic E-state index is 12.3. The van der Waals surface area contributed by atoms with Gasteiger partial charge >= 0.3 is 6.09 Å². The molecule has 2 rings (SSSR count). The van der Waals surface area contributed by atoms with E-state index in [0.29, 0.717) is 20.1 Å². The molecule has 1 amide bonds. The molecule has 2 unspecified atom stereocenters. The van der Waals surface area contributed by atoms with Gasteiger partial charge in [0.15, 0.2) is 5.13 Å². The van der Waals surface area contributed by atoms with Crippen LogP contribution >= 0.6 is 34.5 Å². The van der Waals surface area contributed by atoms with E-state index in [2.05, 4.69) is 21.6 Å². The molecule has 10 heteroatoms. The highest BCUT2D eigenvalue weighted by Gasteiger charge is 2.25. The molecule has 0 spiro atoms. The lowest BCUT2D eigenvalue weighted by Crippen LogP contribution is -2.29. The van der Waals surface area contributed by atoms with Crippen molar-refractivity contribution in [3.63, 3.8) is 0 Å². The predicted molar refractivity (Wildman–Crippen MR) is 116 cm³/mol. The van der Waals surface area contributed by atoms with Crippen molar-refractivity contribution in [2.75, 3.05) is 5.32 Å². The first-order valence-electron chi connectivity index (χ1n) is 8.20. The van der Waals surface area contributed by atoms with Gasteiger partial charge in [0.2, 0.25) is 0 Å². The Morgan fingerprint density at radius 1 is 1.36 bits per heavy atom. The Kier molecular flexibility index (Phi) is 7.78. The van der Waals surface area contributed by atoms with Crippen molar-refractivity contribution in [3.8, 4) is 0 Å². The molecule has 0 fully saturated rings. The van der Waals surface area contributed by atoms with Crippen LogP contribution in [-0.2, 0) is 16.1 Å². The number of aromatic nitrogens is 1. The molecule has 2 aromatic rings. The number of anilines is 1. The lowest BCUT2D eigenvalue weighted by molar-refractivity contribution is 0.0636. The zero-order valence-corrected chi connectivity index (χ0v) is 19.0. The van der Waals surface area contributed by atoms with Crippen LogP contribution in [-0.4, -0.2) is 21.2 Å². The van der Waals surface area contributed by atoms with Crippen molar-refractivity contribution in [2.45, 2.75) is 39.3 Å². The third-order valence-electron chi connectivity index (χ3n) is 3.23. The predicted octanol–water partition coefficient (Wildman–Crippen LogP) is 5.67. The van der Waals surface area contributed by atoms with Crippen LogP contribution in [0.3, 0.4) is 0 Å². The minimum Gasteiger partial charge on any atom is -0.593 e. The molecule has 0 aliphatic carbocycles. The van der Waals surface area contributed by atoms with Crippen LogP contribution in [0, 0.1) is 0 Å². The molecule has 0 aliphatic rings. The van der Waals surface area contributed by atoms with Crippen LogP contribution in [0.1, 0.15) is 44.2 Å². The highest BCUT2D eigenvalue weighted by atomic mass is 35.5. The summed E-state index contributed by atoms with van der Waals surface area (Å²) < 4.78 is 20.6. The molecule has 2 atom stereocenters.